The number of benzene rings is 3. The van der Waals surface area contributed by atoms with Crippen molar-refractivity contribution in [1.82, 2.24) is 4.90 Å². The summed E-state index contributed by atoms with van der Waals surface area (Å²) in [5.74, 6) is -3.69. The zero-order valence-electron chi connectivity index (χ0n) is 25.9. The molecule has 0 radical (unpaired) electrons. The maximum atomic E-state index is 16.2. The van der Waals surface area contributed by atoms with E-state index in [-0.39, 0.29) is 41.8 Å². The van der Waals surface area contributed by atoms with Gasteiger partial charge in [0.05, 0.1) is 28.4 Å². The Morgan fingerprint density at radius 3 is 2.53 bits per heavy atom. The molecule has 256 valence electrons. The fraction of sp³-hybridized carbons (Fsp3) is 0.417. The van der Waals surface area contributed by atoms with Gasteiger partial charge in [-0.05, 0) is 73.4 Å². The van der Waals surface area contributed by atoms with Gasteiger partial charge in [0.15, 0.2) is 0 Å². The maximum absolute atomic E-state index is 16.2. The van der Waals surface area contributed by atoms with Crippen molar-refractivity contribution < 1.29 is 28.4 Å². The van der Waals surface area contributed by atoms with Crippen LogP contribution in [0.5, 0.6) is 0 Å². The fourth-order valence-electron chi connectivity index (χ4n) is 8.60. The Morgan fingerprint density at radius 1 is 1.10 bits per heavy atom. The van der Waals surface area contributed by atoms with E-state index in [9.17, 15) is 24.5 Å². The number of carbonyl (C=O) groups excluding carboxylic acids is 3. The summed E-state index contributed by atoms with van der Waals surface area (Å²) < 4.78 is 21.2. The number of nitrogens with zero attached hydrogens (tertiary/aromatic N) is 3. The molecule has 5 aliphatic rings. The number of likely N-dealkylation sites (tertiary alicyclic amines) is 1. The second-order valence-corrected chi connectivity index (χ2v) is 14.4. The van der Waals surface area contributed by atoms with Gasteiger partial charge in [-0.15, -0.1) is 0 Å². The lowest BCUT2D eigenvalue weighted by Gasteiger charge is -2.40. The van der Waals surface area contributed by atoms with Crippen molar-refractivity contribution in [2.45, 2.75) is 62.4 Å². The number of methoxy groups -OCH3 is 1. The first-order chi connectivity index (χ1) is 23.0. The average molecular weight is 710 g/mol. The van der Waals surface area contributed by atoms with E-state index in [4.69, 9.17) is 27.9 Å². The summed E-state index contributed by atoms with van der Waals surface area (Å²) in [6.07, 6.45) is 3.33. The Labute approximate surface area is 292 Å². The number of piperidine rings is 1. The van der Waals surface area contributed by atoms with Crippen LogP contribution in [-0.4, -0.2) is 53.8 Å². The van der Waals surface area contributed by atoms with E-state index >= 15 is 4.39 Å². The van der Waals surface area contributed by atoms with Crippen LogP contribution in [0.2, 0.25) is 10.0 Å². The lowest BCUT2D eigenvalue weighted by molar-refractivity contribution is -0.384. The van der Waals surface area contributed by atoms with Crippen LogP contribution < -0.4 is 10.2 Å². The van der Waals surface area contributed by atoms with Crippen LogP contribution in [0.25, 0.3) is 0 Å². The normalized spacial score (nSPS) is 26.5. The summed E-state index contributed by atoms with van der Waals surface area (Å²) in [6.45, 7) is 0.659. The van der Waals surface area contributed by atoms with Gasteiger partial charge in [0.1, 0.15) is 17.0 Å². The fourth-order valence-corrected chi connectivity index (χ4v) is 8.95. The smallest absolute Gasteiger partial charge is 0.316 e. The van der Waals surface area contributed by atoms with E-state index in [1.807, 2.05) is 0 Å². The molecule has 3 aromatic rings. The summed E-state index contributed by atoms with van der Waals surface area (Å²) in [6, 6.07) is 13.7. The monoisotopic (exact) mass is 708 g/mol. The van der Waals surface area contributed by atoms with Gasteiger partial charge in [-0.25, -0.2) is 4.39 Å². The number of halogens is 3. The van der Waals surface area contributed by atoms with Crippen molar-refractivity contribution in [3.05, 3.63) is 97.3 Å². The second-order valence-electron chi connectivity index (χ2n) is 13.5. The lowest BCUT2D eigenvalue weighted by atomic mass is 9.70. The standard InChI is InChI=1S/C35H31Cl2FN4O6.CH4/c1-48-33(45)34(12-13-34)19-7-10-25(27(15-19)42(46)47)40-14-11-26-28(31(40)43)29(21-3-2-4-23(37)30(21)38)35(41(26)17-18-5-6-18)22-9-8-20(36)16-24(22)39-32(35)44;/h2-4,7-10,15-16,18,26,28-29H,5-6,11-14,17H2,1H3,(H,39,44);1H4/t26-,28+,29-,35+;/m0./s1. The highest BCUT2D eigenvalue weighted by atomic mass is 35.5. The van der Waals surface area contributed by atoms with Crippen LogP contribution in [0.1, 0.15) is 62.1 Å². The van der Waals surface area contributed by atoms with Crippen molar-refractivity contribution in [2.24, 2.45) is 11.8 Å². The number of hydrogen-bond donors (Lipinski definition) is 1. The number of amides is 2. The minimum atomic E-state index is -1.47. The molecule has 2 aliphatic carbocycles. The van der Waals surface area contributed by atoms with Crippen LogP contribution in [0, 0.1) is 27.8 Å². The van der Waals surface area contributed by atoms with Crippen molar-refractivity contribution in [3.8, 4) is 0 Å². The van der Waals surface area contributed by atoms with Gasteiger partial charge >= 0.3 is 5.97 Å². The first-order valence-electron chi connectivity index (χ1n) is 16.0. The van der Waals surface area contributed by atoms with Gasteiger partial charge in [-0.3, -0.25) is 29.4 Å². The topological polar surface area (TPSA) is 122 Å². The van der Waals surface area contributed by atoms with Crippen LogP contribution in [0.15, 0.2) is 54.6 Å². The zero-order valence-corrected chi connectivity index (χ0v) is 27.4. The van der Waals surface area contributed by atoms with Crippen LogP contribution >= 0.6 is 23.2 Å². The maximum Gasteiger partial charge on any atom is 0.316 e. The molecule has 10 nitrogen and oxygen atoms in total. The third kappa shape index (κ3) is 4.80. The minimum absolute atomic E-state index is 0. The van der Waals surface area contributed by atoms with E-state index in [0.29, 0.717) is 53.6 Å². The SMILES string of the molecule is C.COC(=O)C1(c2ccc(N3CC[C@H]4[C@@H](C3=O)[C@H](c3cccc(Cl)c3F)[C@]3(C(=O)Nc5cc(Cl)ccc53)N4CC3CC3)c([N+](=O)[O-])c2)CC1. The summed E-state index contributed by atoms with van der Waals surface area (Å²) in [4.78, 5) is 57.5. The Morgan fingerprint density at radius 2 is 1.86 bits per heavy atom. The number of fused-ring (bicyclic) bond motifs is 3. The predicted octanol–water partition coefficient (Wildman–Crippen LogP) is 6.96. The molecular formula is C36H35Cl2FN4O6. The highest BCUT2D eigenvalue weighted by molar-refractivity contribution is 6.31. The molecule has 2 amide bonds. The summed E-state index contributed by atoms with van der Waals surface area (Å²) in [7, 11) is 1.28. The Kier molecular flexibility index (Phi) is 8.04. The molecule has 49 heavy (non-hydrogen) atoms. The summed E-state index contributed by atoms with van der Waals surface area (Å²) in [5.41, 5.74) is -0.974. The predicted molar refractivity (Wildman–Crippen MR) is 182 cm³/mol. The van der Waals surface area contributed by atoms with Crippen molar-refractivity contribution in [1.29, 1.82) is 0 Å². The van der Waals surface area contributed by atoms with Gasteiger partial charge in [-0.2, -0.15) is 0 Å². The molecule has 0 aromatic heterocycles. The molecule has 0 unspecified atom stereocenters. The van der Waals surface area contributed by atoms with E-state index in [1.54, 1.807) is 36.4 Å². The van der Waals surface area contributed by atoms with Gasteiger partial charge < -0.3 is 15.0 Å². The first-order valence-corrected chi connectivity index (χ1v) is 16.8. The van der Waals surface area contributed by atoms with E-state index in [1.165, 1.54) is 30.2 Å². The second kappa shape index (κ2) is 11.8. The molecule has 2 saturated heterocycles. The third-order valence-corrected chi connectivity index (χ3v) is 11.6. The molecule has 3 aromatic carbocycles. The van der Waals surface area contributed by atoms with E-state index < -0.39 is 51.4 Å². The number of anilines is 2. The van der Waals surface area contributed by atoms with Crippen LogP contribution in [0.4, 0.5) is 21.5 Å². The van der Waals surface area contributed by atoms with Gasteiger partial charge in [0.2, 0.25) is 11.8 Å². The highest BCUT2D eigenvalue weighted by Gasteiger charge is 2.70. The first kappa shape index (κ1) is 33.4. The Bertz CT molecular complexity index is 1930. The third-order valence-electron chi connectivity index (χ3n) is 11.1. The van der Waals surface area contributed by atoms with Gasteiger partial charge in [0.25, 0.3) is 5.69 Å². The summed E-state index contributed by atoms with van der Waals surface area (Å²) >= 11 is 12.7. The summed E-state index contributed by atoms with van der Waals surface area (Å²) in [5, 5.41) is 15.8. The number of ether oxygens (including phenoxy) is 1. The number of rotatable bonds is 7. The van der Waals surface area contributed by atoms with Crippen LogP contribution in [0.3, 0.4) is 0 Å². The molecular weight excluding hydrogens is 674 g/mol. The van der Waals surface area contributed by atoms with Crippen molar-refractivity contribution >= 4 is 58.0 Å². The number of esters is 1. The largest absolute Gasteiger partial charge is 0.468 e. The number of nitrogens with one attached hydrogen (secondary N) is 1. The minimum Gasteiger partial charge on any atom is -0.468 e. The molecule has 13 heteroatoms. The molecule has 4 fully saturated rings. The van der Waals surface area contributed by atoms with E-state index in [2.05, 4.69) is 10.2 Å². The van der Waals surface area contributed by atoms with E-state index in [0.717, 1.165) is 12.8 Å². The molecule has 3 aliphatic heterocycles. The van der Waals surface area contributed by atoms with Crippen molar-refractivity contribution in [3.63, 3.8) is 0 Å². The molecule has 2 saturated carbocycles. The molecule has 1 N–H and O–H groups in total. The number of hydrogen-bond acceptors (Lipinski definition) is 7. The Balaban J connectivity index is 0.00000378. The zero-order chi connectivity index (χ0) is 33.7. The number of nitro benzene ring substituents is 1. The molecule has 3 heterocycles. The quantitative estimate of drug-likeness (QED) is 0.160. The number of carbonyl (C=O) groups is 3. The van der Waals surface area contributed by atoms with Gasteiger partial charge in [0, 0.05) is 47.4 Å². The van der Waals surface area contributed by atoms with Crippen LogP contribution in [-0.2, 0) is 30.1 Å². The molecule has 0 bridgehead atoms. The molecule has 8 rings (SSSR count). The lowest BCUT2D eigenvalue weighted by Crippen LogP contribution is -2.54. The molecule has 4 atom stereocenters. The number of nitro groups is 1. The Hall–Kier alpha value is -4.06. The average Bonchev–Trinajstić information content (AvgIpc) is 4.00. The van der Waals surface area contributed by atoms with Crippen molar-refractivity contribution in [2.75, 3.05) is 30.4 Å². The molecule has 1 spiro atoms. The highest BCUT2D eigenvalue weighted by Crippen LogP contribution is 2.62. The van der Waals surface area contributed by atoms with Gasteiger partial charge in [-0.1, -0.05) is 54.9 Å².